The van der Waals surface area contributed by atoms with Crippen LogP contribution in [0.1, 0.15) is 31.2 Å². The second-order valence-corrected chi connectivity index (χ2v) is 5.47. The highest BCUT2D eigenvalue weighted by atomic mass is 35.5. The molecule has 1 aromatic carbocycles. The summed E-state index contributed by atoms with van der Waals surface area (Å²) in [6.07, 6.45) is 4.93. The first-order valence-electron chi connectivity index (χ1n) is 5.89. The van der Waals surface area contributed by atoms with Crippen molar-refractivity contribution in [3.05, 3.63) is 34.6 Å². The van der Waals surface area contributed by atoms with Crippen LogP contribution in [-0.4, -0.2) is 12.6 Å². The molecule has 86 valence electrons. The summed E-state index contributed by atoms with van der Waals surface area (Å²) in [6.45, 7) is 0.989. The van der Waals surface area contributed by atoms with Gasteiger partial charge in [-0.25, -0.2) is 4.39 Å². The highest BCUT2D eigenvalue weighted by Gasteiger charge is 2.46. The van der Waals surface area contributed by atoms with E-state index in [0.29, 0.717) is 5.02 Å². The van der Waals surface area contributed by atoms with E-state index in [1.165, 1.54) is 25.0 Å². The van der Waals surface area contributed by atoms with Gasteiger partial charge < -0.3 is 5.32 Å². The molecule has 0 radical (unpaired) electrons. The molecule has 0 aliphatic heterocycles. The lowest BCUT2D eigenvalue weighted by atomic mass is 9.95. The number of hydrogen-bond acceptors (Lipinski definition) is 1. The number of rotatable bonds is 4. The number of halogens is 2. The van der Waals surface area contributed by atoms with Gasteiger partial charge in [-0.1, -0.05) is 17.7 Å². The van der Waals surface area contributed by atoms with Crippen LogP contribution in [0, 0.1) is 5.82 Å². The molecule has 0 unspecified atom stereocenters. The van der Waals surface area contributed by atoms with Crippen LogP contribution in [0.2, 0.25) is 5.02 Å². The molecule has 2 aliphatic carbocycles. The van der Waals surface area contributed by atoms with E-state index in [1.54, 1.807) is 0 Å². The van der Waals surface area contributed by atoms with E-state index >= 15 is 0 Å². The first-order chi connectivity index (χ1) is 7.70. The molecule has 1 nitrogen and oxygen atoms in total. The van der Waals surface area contributed by atoms with Crippen molar-refractivity contribution < 1.29 is 4.39 Å². The maximum Gasteiger partial charge on any atom is 0.124 e. The largest absolute Gasteiger partial charge is 0.313 e. The molecule has 2 saturated carbocycles. The zero-order valence-corrected chi connectivity index (χ0v) is 9.86. The quantitative estimate of drug-likeness (QED) is 0.851. The van der Waals surface area contributed by atoms with E-state index in [1.807, 2.05) is 6.07 Å². The summed E-state index contributed by atoms with van der Waals surface area (Å²) in [5.74, 6) is -0.250. The van der Waals surface area contributed by atoms with Gasteiger partial charge in [-0.3, -0.25) is 0 Å². The third-order valence-corrected chi connectivity index (χ3v) is 3.98. The molecule has 1 aromatic rings. The monoisotopic (exact) mass is 239 g/mol. The highest BCUT2D eigenvalue weighted by molar-refractivity contribution is 6.31. The molecule has 1 N–H and O–H groups in total. The lowest BCUT2D eigenvalue weighted by Gasteiger charge is -2.18. The van der Waals surface area contributed by atoms with Gasteiger partial charge in [-0.2, -0.15) is 0 Å². The van der Waals surface area contributed by atoms with E-state index in [-0.39, 0.29) is 11.2 Å². The second kappa shape index (κ2) is 3.71. The fourth-order valence-electron chi connectivity index (χ4n) is 2.24. The summed E-state index contributed by atoms with van der Waals surface area (Å²) in [6, 6.07) is 5.50. The van der Waals surface area contributed by atoms with E-state index in [0.717, 1.165) is 31.0 Å². The minimum atomic E-state index is -0.250. The predicted molar refractivity (Wildman–Crippen MR) is 63.3 cm³/mol. The summed E-state index contributed by atoms with van der Waals surface area (Å²) in [5.41, 5.74) is 1.30. The summed E-state index contributed by atoms with van der Waals surface area (Å²) >= 11 is 6.12. The van der Waals surface area contributed by atoms with Crippen LogP contribution in [0.15, 0.2) is 18.2 Å². The van der Waals surface area contributed by atoms with Gasteiger partial charge in [0.1, 0.15) is 5.82 Å². The molecule has 3 rings (SSSR count). The van der Waals surface area contributed by atoms with Crippen molar-refractivity contribution in [1.82, 2.24) is 5.32 Å². The van der Waals surface area contributed by atoms with Crippen molar-refractivity contribution in [3.8, 4) is 0 Å². The molecule has 16 heavy (non-hydrogen) atoms. The topological polar surface area (TPSA) is 12.0 Å². The van der Waals surface area contributed by atoms with Crippen LogP contribution < -0.4 is 5.32 Å². The minimum absolute atomic E-state index is 0.188. The van der Waals surface area contributed by atoms with Crippen molar-refractivity contribution >= 4 is 11.6 Å². The molecule has 0 aromatic heterocycles. The average molecular weight is 240 g/mol. The smallest absolute Gasteiger partial charge is 0.124 e. The Hall–Kier alpha value is -0.600. The molecule has 0 amide bonds. The standard InChI is InChI=1S/C13H15ClFN/c14-12-7-9(15)1-4-11(12)13(5-6-13)8-16-10-2-3-10/h1,4,7,10,16H,2-3,5-6,8H2. The summed E-state index contributed by atoms with van der Waals surface area (Å²) in [7, 11) is 0. The normalized spacial score (nSPS) is 22.1. The molecular formula is C13H15ClFN. The fraction of sp³-hybridized carbons (Fsp3) is 0.538. The number of nitrogens with one attached hydrogen (secondary N) is 1. The first-order valence-corrected chi connectivity index (χ1v) is 6.26. The maximum absolute atomic E-state index is 13.0. The molecule has 2 aliphatic rings. The highest BCUT2D eigenvalue weighted by Crippen LogP contribution is 2.50. The third kappa shape index (κ3) is 1.96. The molecule has 0 spiro atoms. The molecule has 0 bridgehead atoms. The summed E-state index contributed by atoms with van der Waals surface area (Å²) < 4.78 is 13.0. The van der Waals surface area contributed by atoms with E-state index in [9.17, 15) is 4.39 Å². The Morgan fingerprint density at radius 2 is 2.12 bits per heavy atom. The Bertz CT molecular complexity index is 410. The van der Waals surface area contributed by atoms with Gasteiger partial charge in [0.2, 0.25) is 0 Å². The Morgan fingerprint density at radius 1 is 1.38 bits per heavy atom. The van der Waals surface area contributed by atoms with Crippen molar-refractivity contribution in [3.63, 3.8) is 0 Å². The van der Waals surface area contributed by atoms with Gasteiger partial charge in [0.25, 0.3) is 0 Å². The Morgan fingerprint density at radius 3 is 2.69 bits per heavy atom. The van der Waals surface area contributed by atoms with Crippen LogP contribution in [0.4, 0.5) is 4.39 Å². The summed E-state index contributed by atoms with van der Waals surface area (Å²) in [4.78, 5) is 0. The van der Waals surface area contributed by atoms with Gasteiger partial charge in [-0.15, -0.1) is 0 Å². The zero-order chi connectivity index (χ0) is 11.2. The van der Waals surface area contributed by atoms with Crippen LogP contribution in [0.3, 0.4) is 0 Å². The van der Waals surface area contributed by atoms with Crippen molar-refractivity contribution in [2.24, 2.45) is 0 Å². The molecule has 0 saturated heterocycles. The molecule has 0 atom stereocenters. The van der Waals surface area contributed by atoms with E-state index < -0.39 is 0 Å². The van der Waals surface area contributed by atoms with Crippen LogP contribution in [0.5, 0.6) is 0 Å². The number of benzene rings is 1. The lowest BCUT2D eigenvalue weighted by Crippen LogP contribution is -2.28. The van der Waals surface area contributed by atoms with E-state index in [2.05, 4.69) is 5.32 Å². The molecule has 0 heterocycles. The molecular weight excluding hydrogens is 225 g/mol. The van der Waals surface area contributed by atoms with Crippen molar-refractivity contribution in [2.45, 2.75) is 37.1 Å². The minimum Gasteiger partial charge on any atom is -0.313 e. The first kappa shape index (κ1) is 10.5. The van der Waals surface area contributed by atoms with Gasteiger partial charge in [0.05, 0.1) is 0 Å². The lowest BCUT2D eigenvalue weighted by molar-refractivity contribution is 0.569. The second-order valence-electron chi connectivity index (χ2n) is 5.06. The third-order valence-electron chi connectivity index (χ3n) is 3.66. The Kier molecular flexibility index (Phi) is 2.45. The van der Waals surface area contributed by atoms with Gasteiger partial charge in [-0.05, 0) is 43.4 Å². The molecule has 3 heteroatoms. The molecule has 2 fully saturated rings. The Labute approximate surface area is 100.0 Å². The van der Waals surface area contributed by atoms with Crippen LogP contribution >= 0.6 is 11.6 Å². The van der Waals surface area contributed by atoms with Crippen LogP contribution in [0.25, 0.3) is 0 Å². The average Bonchev–Trinajstić information content (AvgIpc) is 3.12. The zero-order valence-electron chi connectivity index (χ0n) is 9.10. The fourth-order valence-corrected chi connectivity index (χ4v) is 2.61. The summed E-state index contributed by atoms with van der Waals surface area (Å²) in [5, 5.41) is 4.13. The maximum atomic E-state index is 13.0. The van der Waals surface area contributed by atoms with E-state index in [4.69, 9.17) is 11.6 Å². The van der Waals surface area contributed by atoms with Crippen molar-refractivity contribution in [1.29, 1.82) is 0 Å². The van der Waals surface area contributed by atoms with Gasteiger partial charge in [0.15, 0.2) is 0 Å². The van der Waals surface area contributed by atoms with Crippen LogP contribution in [-0.2, 0) is 5.41 Å². The van der Waals surface area contributed by atoms with Gasteiger partial charge >= 0.3 is 0 Å². The SMILES string of the molecule is Fc1ccc(C2(CNC3CC3)CC2)c(Cl)c1. The number of hydrogen-bond donors (Lipinski definition) is 1. The predicted octanol–water partition coefficient (Wildman–Crippen LogP) is 3.26. The van der Waals surface area contributed by atoms with Gasteiger partial charge in [0, 0.05) is 23.0 Å². The van der Waals surface area contributed by atoms with Crippen molar-refractivity contribution in [2.75, 3.05) is 6.54 Å². The Balaban J connectivity index is 1.78.